The topological polar surface area (TPSA) is 73.5 Å². The Morgan fingerprint density at radius 1 is 0.865 bits per heavy atom. The minimum absolute atomic E-state index is 0.305. The van der Waals surface area contributed by atoms with Gasteiger partial charge in [0, 0.05) is 22.2 Å². The second-order valence-electron chi connectivity index (χ2n) is 8.02. The quantitative estimate of drug-likeness (QED) is 0.119. The third-order valence-electron chi connectivity index (χ3n) is 5.51. The van der Waals surface area contributed by atoms with Crippen molar-refractivity contribution in [3.8, 4) is 17.1 Å². The first-order chi connectivity index (χ1) is 18.1. The third-order valence-corrected chi connectivity index (χ3v) is 5.76. The Bertz CT molecular complexity index is 1690. The highest BCUT2D eigenvalue weighted by atomic mass is 35.5. The zero-order valence-corrected chi connectivity index (χ0v) is 20.2. The van der Waals surface area contributed by atoms with Gasteiger partial charge >= 0.3 is 5.97 Å². The number of benzene rings is 4. The van der Waals surface area contributed by atoms with E-state index in [2.05, 4.69) is 5.10 Å². The van der Waals surface area contributed by atoms with Gasteiger partial charge in [0.05, 0.1) is 17.1 Å². The highest BCUT2D eigenvalue weighted by Gasteiger charge is 2.12. The average Bonchev–Trinajstić information content (AvgIpc) is 2.93. The van der Waals surface area contributed by atoms with Crippen molar-refractivity contribution >= 4 is 40.8 Å². The van der Waals surface area contributed by atoms with E-state index in [1.165, 1.54) is 17.0 Å². The number of hydrogen-bond acceptors (Lipinski definition) is 5. The average molecular weight is 506 g/mol. The van der Waals surface area contributed by atoms with Crippen LogP contribution in [0.15, 0.2) is 119 Å². The molecule has 0 radical (unpaired) electrons. The summed E-state index contributed by atoms with van der Waals surface area (Å²) in [4.78, 5) is 30.5. The maximum absolute atomic E-state index is 13.4. The SMILES string of the molecule is O=C(/C=C/c1ccc(Cl)cc1)Oc1ccccc1C=Nn1c(-c2ccccc2)nc2ccccc2c1=O. The predicted octanol–water partition coefficient (Wildman–Crippen LogP) is 6.22. The minimum Gasteiger partial charge on any atom is -0.423 e. The van der Waals surface area contributed by atoms with Crippen LogP contribution >= 0.6 is 11.6 Å². The van der Waals surface area contributed by atoms with Crippen LogP contribution in [0.1, 0.15) is 11.1 Å². The van der Waals surface area contributed by atoms with Crippen LogP contribution in [0, 0.1) is 0 Å². The maximum atomic E-state index is 13.4. The third kappa shape index (κ3) is 5.55. The van der Waals surface area contributed by atoms with Crippen molar-refractivity contribution in [2.24, 2.45) is 5.10 Å². The fraction of sp³-hybridized carbons (Fsp3) is 0. The van der Waals surface area contributed by atoms with Gasteiger partial charge in [-0.05, 0) is 48.0 Å². The normalized spacial score (nSPS) is 11.4. The number of hydrogen-bond donors (Lipinski definition) is 0. The molecular weight excluding hydrogens is 486 g/mol. The molecule has 5 rings (SSSR count). The molecule has 6 nitrogen and oxygen atoms in total. The Balaban J connectivity index is 1.48. The van der Waals surface area contributed by atoms with Gasteiger partial charge in [-0.2, -0.15) is 9.78 Å². The molecule has 1 heterocycles. The van der Waals surface area contributed by atoms with Crippen molar-refractivity contribution in [2.45, 2.75) is 0 Å². The molecule has 5 aromatic rings. The van der Waals surface area contributed by atoms with Crippen LogP contribution in [0.4, 0.5) is 0 Å². The molecule has 1 aromatic heterocycles. The van der Waals surface area contributed by atoms with Crippen LogP contribution in [0.3, 0.4) is 0 Å². The first-order valence-electron chi connectivity index (χ1n) is 11.4. The van der Waals surface area contributed by atoms with Gasteiger partial charge in [0.1, 0.15) is 5.75 Å². The Kier molecular flexibility index (Phi) is 7.01. The Morgan fingerprint density at radius 2 is 1.57 bits per heavy atom. The number of para-hydroxylation sites is 2. The van der Waals surface area contributed by atoms with Crippen molar-refractivity contribution in [1.29, 1.82) is 0 Å². The van der Waals surface area contributed by atoms with Gasteiger partial charge in [0.2, 0.25) is 0 Å². The van der Waals surface area contributed by atoms with Gasteiger partial charge in [-0.3, -0.25) is 4.79 Å². The molecule has 0 atom stereocenters. The maximum Gasteiger partial charge on any atom is 0.336 e. The number of aromatic nitrogens is 2. The molecule has 7 heteroatoms. The largest absolute Gasteiger partial charge is 0.423 e. The monoisotopic (exact) mass is 505 g/mol. The molecule has 0 unspecified atom stereocenters. The second-order valence-corrected chi connectivity index (χ2v) is 8.46. The Hall–Kier alpha value is -4.81. The minimum atomic E-state index is -0.551. The molecule has 0 bridgehead atoms. The summed E-state index contributed by atoms with van der Waals surface area (Å²) in [5, 5.41) is 5.53. The lowest BCUT2D eigenvalue weighted by atomic mass is 10.2. The molecule has 0 aliphatic carbocycles. The van der Waals surface area contributed by atoms with Gasteiger partial charge in [0.15, 0.2) is 5.82 Å². The highest BCUT2D eigenvalue weighted by Crippen LogP contribution is 2.20. The molecule has 0 fully saturated rings. The van der Waals surface area contributed by atoms with Crippen LogP contribution in [-0.2, 0) is 4.79 Å². The summed E-state index contributed by atoms with van der Waals surface area (Å²) in [7, 11) is 0. The van der Waals surface area contributed by atoms with E-state index in [4.69, 9.17) is 21.3 Å². The smallest absolute Gasteiger partial charge is 0.336 e. The number of fused-ring (bicyclic) bond motifs is 1. The summed E-state index contributed by atoms with van der Waals surface area (Å²) in [6.07, 6.45) is 4.46. The standard InChI is InChI=1S/C30H20ClN3O3/c31-24-17-14-21(15-18-24)16-19-28(35)37-27-13-7-4-10-23(27)20-32-34-29(22-8-2-1-3-9-22)33-26-12-6-5-11-25(26)30(34)36/h1-20H/b19-16+,32-20?. The molecule has 0 aliphatic rings. The van der Waals surface area contributed by atoms with Gasteiger partial charge in [0.25, 0.3) is 5.56 Å². The van der Waals surface area contributed by atoms with E-state index in [9.17, 15) is 9.59 Å². The molecule has 0 aliphatic heterocycles. The van der Waals surface area contributed by atoms with Crippen LogP contribution in [-0.4, -0.2) is 21.8 Å². The second kappa shape index (κ2) is 10.8. The van der Waals surface area contributed by atoms with Crippen LogP contribution in [0.5, 0.6) is 5.75 Å². The number of rotatable bonds is 6. The predicted molar refractivity (Wildman–Crippen MR) is 147 cm³/mol. The van der Waals surface area contributed by atoms with E-state index in [-0.39, 0.29) is 5.56 Å². The molecule has 180 valence electrons. The van der Waals surface area contributed by atoms with Crippen molar-refractivity contribution in [3.05, 3.63) is 136 Å². The molecule has 0 N–H and O–H groups in total. The van der Waals surface area contributed by atoms with Crippen molar-refractivity contribution < 1.29 is 9.53 Å². The van der Waals surface area contributed by atoms with E-state index in [0.29, 0.717) is 33.1 Å². The highest BCUT2D eigenvalue weighted by molar-refractivity contribution is 6.30. The Labute approximate surface area is 217 Å². The lowest BCUT2D eigenvalue weighted by Gasteiger charge is -2.10. The van der Waals surface area contributed by atoms with E-state index in [0.717, 1.165) is 11.1 Å². The summed E-state index contributed by atoms with van der Waals surface area (Å²) in [6.45, 7) is 0. The molecule has 0 saturated heterocycles. The van der Waals surface area contributed by atoms with E-state index in [1.807, 2.05) is 36.4 Å². The summed E-state index contributed by atoms with van der Waals surface area (Å²) in [5.41, 5.74) is 2.36. The van der Waals surface area contributed by atoms with Gasteiger partial charge in [-0.25, -0.2) is 9.78 Å². The molecule has 0 saturated carbocycles. The first-order valence-corrected chi connectivity index (χ1v) is 11.8. The molecule has 4 aromatic carbocycles. The number of esters is 1. The van der Waals surface area contributed by atoms with Crippen LogP contribution in [0.25, 0.3) is 28.4 Å². The van der Waals surface area contributed by atoms with Gasteiger partial charge in [-0.15, -0.1) is 0 Å². The van der Waals surface area contributed by atoms with Crippen LogP contribution < -0.4 is 10.3 Å². The lowest BCUT2D eigenvalue weighted by Crippen LogP contribution is -2.20. The zero-order valence-electron chi connectivity index (χ0n) is 19.5. The van der Waals surface area contributed by atoms with Crippen molar-refractivity contribution in [1.82, 2.24) is 9.66 Å². The van der Waals surface area contributed by atoms with E-state index in [1.54, 1.807) is 72.8 Å². The number of nitrogens with zero attached hydrogens (tertiary/aromatic N) is 3. The molecule has 37 heavy (non-hydrogen) atoms. The molecule has 0 spiro atoms. The number of ether oxygens (including phenoxy) is 1. The Morgan fingerprint density at radius 3 is 2.38 bits per heavy atom. The van der Waals surface area contributed by atoms with E-state index >= 15 is 0 Å². The fourth-order valence-electron chi connectivity index (χ4n) is 3.69. The number of carbonyl (C=O) groups excluding carboxylic acids is 1. The summed E-state index contributed by atoms with van der Waals surface area (Å²) < 4.78 is 6.81. The van der Waals surface area contributed by atoms with Crippen molar-refractivity contribution in [3.63, 3.8) is 0 Å². The fourth-order valence-corrected chi connectivity index (χ4v) is 3.81. The summed E-state index contributed by atoms with van der Waals surface area (Å²) >= 11 is 5.90. The van der Waals surface area contributed by atoms with Crippen molar-refractivity contribution in [2.75, 3.05) is 0 Å². The summed E-state index contributed by atoms with van der Waals surface area (Å²) in [5.74, 6) is 0.159. The van der Waals surface area contributed by atoms with Gasteiger partial charge in [-0.1, -0.05) is 78.3 Å². The number of carbonyl (C=O) groups is 1. The van der Waals surface area contributed by atoms with Gasteiger partial charge < -0.3 is 4.74 Å². The molecule has 0 amide bonds. The number of halogens is 1. The summed E-state index contributed by atoms with van der Waals surface area (Å²) in [6, 6.07) is 30.5. The van der Waals surface area contributed by atoms with E-state index < -0.39 is 5.97 Å². The first kappa shape index (κ1) is 23.9. The molecular formula is C30H20ClN3O3. The van der Waals surface area contributed by atoms with Crippen LogP contribution in [0.2, 0.25) is 5.02 Å². The lowest BCUT2D eigenvalue weighted by molar-refractivity contribution is -0.128. The zero-order chi connectivity index (χ0) is 25.6.